The third-order valence-electron chi connectivity index (χ3n) is 7.85. The molecule has 1 saturated heterocycles. The standard InChI is InChI=1S/C27H31N5O/c1-18-12-22(33)25-23(18)26(30-17-29-25)32-16-27(24-20(13-28)8-5-9-21(24)32)10-11-31(15-27)14-19-6-3-2-4-7-19/h2-9,17-18,22,33H,10-16,28H2,1H3/t18-,22-,27+/m1/s1. The fourth-order valence-electron chi connectivity index (χ4n) is 6.43. The molecule has 6 nitrogen and oxygen atoms in total. The lowest BCUT2D eigenvalue weighted by Gasteiger charge is -2.28. The quantitative estimate of drug-likeness (QED) is 0.642. The molecule has 6 heteroatoms. The zero-order valence-electron chi connectivity index (χ0n) is 19.1. The highest BCUT2D eigenvalue weighted by Crippen LogP contribution is 2.53. The highest BCUT2D eigenvalue weighted by molar-refractivity contribution is 5.75. The van der Waals surface area contributed by atoms with E-state index in [9.17, 15) is 5.11 Å². The first-order valence-electron chi connectivity index (χ1n) is 12.0. The van der Waals surface area contributed by atoms with Gasteiger partial charge in [-0.2, -0.15) is 0 Å². The number of benzene rings is 2. The molecule has 6 rings (SSSR count). The van der Waals surface area contributed by atoms with E-state index in [1.54, 1.807) is 6.33 Å². The van der Waals surface area contributed by atoms with Crippen molar-refractivity contribution in [3.63, 3.8) is 0 Å². The molecule has 170 valence electrons. The van der Waals surface area contributed by atoms with Crippen LogP contribution in [-0.4, -0.2) is 39.6 Å². The second kappa shape index (κ2) is 7.90. The number of rotatable bonds is 4. The fourth-order valence-corrected chi connectivity index (χ4v) is 6.43. The van der Waals surface area contributed by atoms with Crippen LogP contribution in [0.1, 0.15) is 59.7 Å². The van der Waals surface area contributed by atoms with Gasteiger partial charge < -0.3 is 15.7 Å². The summed E-state index contributed by atoms with van der Waals surface area (Å²) in [5.41, 5.74) is 13.4. The van der Waals surface area contributed by atoms with Crippen LogP contribution in [0.2, 0.25) is 0 Å². The molecule has 33 heavy (non-hydrogen) atoms. The number of nitrogens with zero attached hydrogens (tertiary/aromatic N) is 4. The lowest BCUT2D eigenvalue weighted by Crippen LogP contribution is -2.36. The molecule has 2 aliphatic heterocycles. The van der Waals surface area contributed by atoms with Gasteiger partial charge in [0.25, 0.3) is 0 Å². The topological polar surface area (TPSA) is 78.5 Å². The van der Waals surface area contributed by atoms with Crippen LogP contribution in [0.3, 0.4) is 0 Å². The van der Waals surface area contributed by atoms with E-state index in [1.807, 2.05) is 0 Å². The van der Waals surface area contributed by atoms with Gasteiger partial charge in [0.1, 0.15) is 12.1 Å². The normalized spacial score (nSPS) is 26.2. The van der Waals surface area contributed by atoms with Crippen molar-refractivity contribution in [1.82, 2.24) is 14.9 Å². The first kappa shape index (κ1) is 20.8. The molecule has 0 amide bonds. The van der Waals surface area contributed by atoms with E-state index in [1.165, 1.54) is 22.4 Å². The highest BCUT2D eigenvalue weighted by atomic mass is 16.3. The van der Waals surface area contributed by atoms with Crippen molar-refractivity contribution < 1.29 is 5.11 Å². The summed E-state index contributed by atoms with van der Waals surface area (Å²) >= 11 is 0. The van der Waals surface area contributed by atoms with Gasteiger partial charge in [0, 0.05) is 42.8 Å². The molecule has 1 aromatic heterocycles. The number of anilines is 2. The Labute approximate surface area is 195 Å². The Morgan fingerprint density at radius 1 is 1.09 bits per heavy atom. The van der Waals surface area contributed by atoms with Gasteiger partial charge in [-0.25, -0.2) is 9.97 Å². The molecular weight excluding hydrogens is 410 g/mol. The highest BCUT2D eigenvalue weighted by Gasteiger charge is 2.49. The summed E-state index contributed by atoms with van der Waals surface area (Å²) in [7, 11) is 0. The predicted octanol–water partition coefficient (Wildman–Crippen LogP) is 3.77. The number of hydrogen-bond donors (Lipinski definition) is 2. The van der Waals surface area contributed by atoms with Gasteiger partial charge in [0.15, 0.2) is 0 Å². The number of nitrogens with two attached hydrogens (primary N) is 1. The molecule has 1 spiro atoms. The van der Waals surface area contributed by atoms with Gasteiger partial charge in [-0.1, -0.05) is 49.4 Å². The summed E-state index contributed by atoms with van der Waals surface area (Å²) in [6, 6.07) is 17.2. The Balaban J connectivity index is 1.41. The van der Waals surface area contributed by atoms with Crippen molar-refractivity contribution in [2.45, 2.75) is 50.3 Å². The van der Waals surface area contributed by atoms with Crippen molar-refractivity contribution in [1.29, 1.82) is 0 Å². The van der Waals surface area contributed by atoms with E-state index in [0.29, 0.717) is 13.0 Å². The van der Waals surface area contributed by atoms with E-state index >= 15 is 0 Å². The molecule has 2 aromatic carbocycles. The van der Waals surface area contributed by atoms with Crippen LogP contribution in [0.5, 0.6) is 0 Å². The lowest BCUT2D eigenvalue weighted by atomic mass is 9.79. The molecule has 0 unspecified atom stereocenters. The van der Waals surface area contributed by atoms with Gasteiger partial charge >= 0.3 is 0 Å². The summed E-state index contributed by atoms with van der Waals surface area (Å²) in [5, 5.41) is 10.5. The van der Waals surface area contributed by atoms with Crippen molar-refractivity contribution in [2.75, 3.05) is 24.5 Å². The lowest BCUT2D eigenvalue weighted by molar-refractivity contribution is 0.170. The molecule has 1 aliphatic carbocycles. The smallest absolute Gasteiger partial charge is 0.140 e. The molecule has 0 bridgehead atoms. The first-order chi connectivity index (χ1) is 16.1. The molecule has 0 saturated carbocycles. The third-order valence-corrected chi connectivity index (χ3v) is 7.85. The van der Waals surface area contributed by atoms with Crippen LogP contribution < -0.4 is 10.6 Å². The largest absolute Gasteiger partial charge is 0.387 e. The maximum atomic E-state index is 10.5. The van der Waals surface area contributed by atoms with Crippen LogP contribution in [0.15, 0.2) is 54.9 Å². The maximum absolute atomic E-state index is 10.5. The molecule has 3 N–H and O–H groups in total. The second-order valence-electron chi connectivity index (χ2n) is 9.98. The van der Waals surface area contributed by atoms with Crippen LogP contribution in [0.25, 0.3) is 0 Å². The number of fused-ring (bicyclic) bond motifs is 3. The minimum atomic E-state index is -0.504. The summed E-state index contributed by atoms with van der Waals surface area (Å²) in [6.45, 7) is 6.63. The summed E-state index contributed by atoms with van der Waals surface area (Å²) in [6.07, 6.45) is 2.92. The van der Waals surface area contributed by atoms with Crippen LogP contribution in [-0.2, 0) is 18.5 Å². The summed E-state index contributed by atoms with van der Waals surface area (Å²) in [4.78, 5) is 14.2. The number of hydrogen-bond acceptors (Lipinski definition) is 6. The molecule has 0 radical (unpaired) electrons. The zero-order valence-corrected chi connectivity index (χ0v) is 19.1. The Bertz CT molecular complexity index is 1180. The van der Waals surface area contributed by atoms with Crippen molar-refractivity contribution >= 4 is 11.5 Å². The predicted molar refractivity (Wildman–Crippen MR) is 129 cm³/mol. The summed E-state index contributed by atoms with van der Waals surface area (Å²) in [5.74, 6) is 1.19. The van der Waals surface area contributed by atoms with Gasteiger partial charge in [0.05, 0.1) is 11.8 Å². The second-order valence-corrected chi connectivity index (χ2v) is 9.98. The average molecular weight is 442 g/mol. The third kappa shape index (κ3) is 3.28. The van der Waals surface area contributed by atoms with E-state index in [-0.39, 0.29) is 11.3 Å². The number of aromatic nitrogens is 2. The van der Waals surface area contributed by atoms with E-state index in [4.69, 9.17) is 10.7 Å². The molecule has 3 heterocycles. The van der Waals surface area contributed by atoms with Gasteiger partial charge in [-0.05, 0) is 48.1 Å². The Kier molecular flexibility index (Phi) is 4.98. The summed E-state index contributed by atoms with van der Waals surface area (Å²) < 4.78 is 0. The maximum Gasteiger partial charge on any atom is 0.140 e. The fraction of sp³-hybridized carbons (Fsp3) is 0.407. The van der Waals surface area contributed by atoms with Gasteiger partial charge in [-0.15, -0.1) is 0 Å². The Morgan fingerprint density at radius 2 is 1.94 bits per heavy atom. The minimum Gasteiger partial charge on any atom is -0.387 e. The zero-order chi connectivity index (χ0) is 22.6. The van der Waals surface area contributed by atoms with Crippen molar-refractivity contribution in [3.05, 3.63) is 82.8 Å². The van der Waals surface area contributed by atoms with Crippen LogP contribution in [0.4, 0.5) is 11.5 Å². The van der Waals surface area contributed by atoms with E-state index in [2.05, 4.69) is 70.2 Å². The monoisotopic (exact) mass is 441 g/mol. The van der Waals surface area contributed by atoms with Crippen LogP contribution >= 0.6 is 0 Å². The molecular formula is C27H31N5O. The van der Waals surface area contributed by atoms with Crippen LogP contribution in [0, 0.1) is 0 Å². The molecule has 3 aliphatic rings. The minimum absolute atomic E-state index is 0.0262. The van der Waals surface area contributed by atoms with E-state index < -0.39 is 6.10 Å². The molecule has 3 atom stereocenters. The number of aliphatic hydroxyl groups is 1. The van der Waals surface area contributed by atoms with Crippen molar-refractivity contribution in [2.24, 2.45) is 5.73 Å². The Morgan fingerprint density at radius 3 is 2.76 bits per heavy atom. The SMILES string of the molecule is C[C@@H]1C[C@@H](O)c2ncnc(N3C[C@@]4(CCN(Cc5ccccc5)C4)c4c(CN)cccc43)c21. The molecule has 1 fully saturated rings. The van der Waals surface area contributed by atoms with Gasteiger partial charge in [-0.3, -0.25) is 4.90 Å². The first-order valence-corrected chi connectivity index (χ1v) is 12.0. The van der Waals surface area contributed by atoms with E-state index in [0.717, 1.165) is 49.7 Å². The average Bonchev–Trinajstić information content (AvgIpc) is 3.49. The van der Waals surface area contributed by atoms with Crippen molar-refractivity contribution in [3.8, 4) is 0 Å². The number of likely N-dealkylation sites (tertiary alicyclic amines) is 1. The molecule has 3 aromatic rings. The number of aliphatic hydroxyl groups excluding tert-OH is 1. The van der Waals surface area contributed by atoms with Gasteiger partial charge in [0.2, 0.25) is 0 Å². The Hall–Kier alpha value is -2.80.